The fourth-order valence-electron chi connectivity index (χ4n) is 0. The van der Waals surface area contributed by atoms with Crippen LogP contribution >= 0.6 is 0 Å². The Bertz CT molecular complexity index is 27.9. The molecule has 0 unspecified atom stereocenters. The first-order chi connectivity index (χ1) is 2.83. The summed E-state index contributed by atoms with van der Waals surface area (Å²) in [6.07, 6.45) is 0. The number of hydrogen-bond acceptors (Lipinski definition) is 2. The molecular weight excluding hydrogens is 241 g/mol. The van der Waals surface area contributed by atoms with Crippen molar-refractivity contribution in [3.8, 4) is 0 Å². The molecule has 0 heterocycles. The summed E-state index contributed by atoms with van der Waals surface area (Å²) >= 11 is -1.62. The molecule has 0 aliphatic heterocycles. The Balaban J connectivity index is -0.0000000400. The monoisotopic (exact) mass is 243 g/mol. The van der Waals surface area contributed by atoms with Crippen LogP contribution in [0.3, 0.4) is 0 Å². The Morgan fingerprint density at radius 2 is 1.00 bits per heavy atom. The van der Waals surface area contributed by atoms with Gasteiger partial charge in [-0.15, -0.1) is 0 Å². The van der Waals surface area contributed by atoms with Gasteiger partial charge in [0.15, 0.2) is 0 Å². The predicted octanol–water partition coefficient (Wildman–Crippen LogP) is -1.36. The van der Waals surface area contributed by atoms with Crippen molar-refractivity contribution in [2.24, 2.45) is 0 Å². The van der Waals surface area contributed by atoms with Gasteiger partial charge in [-0.25, -0.2) is 0 Å². The molecule has 0 bridgehead atoms. The molecule has 0 aromatic rings. The fourth-order valence-corrected chi connectivity index (χ4v) is 0. The van der Waals surface area contributed by atoms with Crippen LogP contribution in [-0.4, -0.2) is 8.44 Å². The quantitative estimate of drug-likeness (QED) is 0.551. The van der Waals surface area contributed by atoms with Gasteiger partial charge in [-0.05, 0) is 0 Å². The van der Waals surface area contributed by atoms with E-state index in [-0.39, 0.29) is 16.8 Å². The van der Waals surface area contributed by atoms with Gasteiger partial charge in [0.1, 0.15) is 0 Å². The van der Waals surface area contributed by atoms with Crippen LogP contribution in [0.2, 0.25) is 0 Å². The Hall–Kier alpha value is 1.04. The molecule has 0 aliphatic carbocycles. The summed E-state index contributed by atoms with van der Waals surface area (Å²) in [5, 5.41) is 0. The Morgan fingerprint density at radius 1 is 1.00 bits per heavy atom. The van der Waals surface area contributed by atoms with E-state index in [0.29, 0.717) is 0 Å². The van der Waals surface area contributed by atoms with E-state index in [2.05, 4.69) is 0 Å². The van der Waals surface area contributed by atoms with Crippen molar-refractivity contribution in [3.05, 3.63) is 0 Å². The molecule has 0 saturated carbocycles. The molecule has 0 atom stereocenters. The van der Waals surface area contributed by atoms with Gasteiger partial charge in [0, 0.05) is 16.8 Å². The summed E-state index contributed by atoms with van der Waals surface area (Å²) < 4.78 is 30.9. The van der Waals surface area contributed by atoms with E-state index in [1.807, 2.05) is 0 Å². The molecule has 7 heteroatoms. The average Bonchev–Trinajstić information content (AvgIpc) is 1.39. The second-order valence-electron chi connectivity index (χ2n) is 0.122. The normalized spacial score (nSPS) is 6.00. The van der Waals surface area contributed by atoms with Gasteiger partial charge in [-0.3, -0.25) is 0 Å². The predicted molar refractivity (Wildman–Crippen MR) is 5.81 cm³/mol. The summed E-state index contributed by atoms with van der Waals surface area (Å²) in [5.41, 5.74) is 0. The van der Waals surface area contributed by atoms with Gasteiger partial charge in [0.2, 0.25) is 0 Å². The minimum atomic E-state index is -0.812. The molecule has 53 valence electrons. The molecule has 7 heavy (non-hydrogen) atoms. The van der Waals surface area contributed by atoms with Crippen molar-refractivity contribution in [2.75, 3.05) is 0 Å². The Kier molecular flexibility index (Phi) is 62.3. The summed E-state index contributed by atoms with van der Waals surface area (Å²) in [7, 11) is 0. The summed E-state index contributed by atoms with van der Waals surface area (Å²) in [6, 6.07) is 0. The second kappa shape index (κ2) is 27.8. The fraction of sp³-hybridized carbons (Fsp3) is 0. The average molecular weight is 243 g/mol. The molecular formula is H2Co3O4. The third-order valence-electron chi connectivity index (χ3n) is 0. The molecule has 0 rings (SSSR count). The summed E-state index contributed by atoms with van der Waals surface area (Å²) in [4.78, 5) is 0. The zero-order valence-electron chi connectivity index (χ0n) is 2.71. The van der Waals surface area contributed by atoms with Crippen LogP contribution in [0.5, 0.6) is 0 Å². The van der Waals surface area contributed by atoms with Crippen LogP contribution in [0.4, 0.5) is 0 Å². The van der Waals surface area contributed by atoms with E-state index >= 15 is 0 Å². The molecule has 0 aromatic carbocycles. The van der Waals surface area contributed by atoms with E-state index in [1.165, 1.54) is 0 Å². The maximum atomic E-state index is 8.45. The van der Waals surface area contributed by atoms with Crippen molar-refractivity contribution in [3.63, 3.8) is 0 Å². The van der Waals surface area contributed by atoms with Crippen molar-refractivity contribution in [1.82, 2.24) is 0 Å². The van der Waals surface area contributed by atoms with E-state index in [1.54, 1.807) is 0 Å². The maximum absolute atomic E-state index is 8.45. The standard InChI is InChI=1S/3Co.2H2O.2O/h;;;2*1H2;;/q;2*+1;;;;/p-2. The van der Waals surface area contributed by atoms with Crippen molar-refractivity contribution >= 4 is 0 Å². The van der Waals surface area contributed by atoms with Gasteiger partial charge in [-0.1, -0.05) is 0 Å². The minimum absolute atomic E-state index is 0. The van der Waals surface area contributed by atoms with Gasteiger partial charge >= 0.3 is 46.1 Å². The molecule has 0 saturated heterocycles. The van der Waals surface area contributed by atoms with Crippen molar-refractivity contribution in [2.45, 2.75) is 0 Å². The van der Waals surface area contributed by atoms with E-state index in [4.69, 9.17) is 16.2 Å². The zero-order chi connectivity index (χ0) is 5.41. The third-order valence-corrected chi connectivity index (χ3v) is 0. The first-order valence-electron chi connectivity index (χ1n) is 0.570. The number of rotatable bonds is 0. The molecule has 0 fully saturated rings. The van der Waals surface area contributed by atoms with Crippen LogP contribution in [0.1, 0.15) is 0 Å². The zero-order valence-corrected chi connectivity index (χ0v) is 5.83. The van der Waals surface area contributed by atoms with E-state index in [0.717, 1.165) is 0 Å². The van der Waals surface area contributed by atoms with Crippen molar-refractivity contribution in [1.29, 1.82) is 0 Å². The van der Waals surface area contributed by atoms with Crippen molar-refractivity contribution < 1.29 is 62.9 Å². The van der Waals surface area contributed by atoms with Crippen LogP contribution in [0.15, 0.2) is 0 Å². The molecule has 2 N–H and O–H groups in total. The topological polar surface area (TPSA) is 74.6 Å². The Labute approximate surface area is 62.9 Å². The van der Waals surface area contributed by atoms with Gasteiger partial charge in [0.05, 0.1) is 0 Å². The van der Waals surface area contributed by atoms with Crippen LogP contribution in [0.25, 0.3) is 0 Å². The van der Waals surface area contributed by atoms with Crippen LogP contribution < -0.4 is 0 Å². The van der Waals surface area contributed by atoms with Crippen LogP contribution in [-0.2, 0) is 54.4 Å². The number of hydrogen-bond donors (Lipinski definition) is 2. The first-order valence-corrected chi connectivity index (χ1v) is 2.35. The first kappa shape index (κ1) is 15.7. The van der Waals surface area contributed by atoms with Gasteiger partial charge < -0.3 is 0 Å². The van der Waals surface area contributed by atoms with Crippen LogP contribution in [0, 0.1) is 0 Å². The molecule has 1 radical (unpaired) electrons. The molecule has 0 amide bonds. The van der Waals surface area contributed by atoms with Gasteiger partial charge in [0.25, 0.3) is 0 Å². The summed E-state index contributed by atoms with van der Waals surface area (Å²) in [5.74, 6) is 0. The molecule has 0 aliphatic rings. The molecule has 0 aromatic heterocycles. The van der Waals surface area contributed by atoms with Gasteiger partial charge in [-0.2, -0.15) is 0 Å². The molecule has 4 nitrogen and oxygen atoms in total. The Morgan fingerprint density at radius 3 is 1.00 bits per heavy atom. The third kappa shape index (κ3) is 165. The molecule has 0 spiro atoms. The second-order valence-corrected chi connectivity index (χ2v) is 0.502. The van der Waals surface area contributed by atoms with E-state index in [9.17, 15) is 0 Å². The SMILES string of the molecule is [Co].[O]=[Co][OH].[O]=[Co][OH]. The van der Waals surface area contributed by atoms with E-state index < -0.39 is 29.9 Å². The summed E-state index contributed by atoms with van der Waals surface area (Å²) in [6.45, 7) is 0.